The molecule has 0 spiro atoms. The number of methoxy groups -OCH3 is 1. The summed E-state index contributed by atoms with van der Waals surface area (Å²) in [6, 6.07) is 14.1. The number of amides is 1. The van der Waals surface area contributed by atoms with Crippen LogP contribution in [0.25, 0.3) is 11.0 Å². The molecule has 0 bridgehead atoms. The summed E-state index contributed by atoms with van der Waals surface area (Å²) >= 11 is 1.01. The molecule has 1 heterocycles. The van der Waals surface area contributed by atoms with Gasteiger partial charge in [-0.1, -0.05) is 42.1 Å². The standard InChI is InChI=1S/C19H19F2N3O2S/c1-23(11-13-7-3-6-10-16(13)26-2)17(25)12-27-19-22-14-8-4-5-9-15(14)24(19)18(20)21/h3-10,18H,11-12H2,1-2H3. The second-order valence-electron chi connectivity index (χ2n) is 5.88. The molecule has 3 rings (SSSR count). The summed E-state index contributed by atoms with van der Waals surface area (Å²) < 4.78 is 33.0. The van der Waals surface area contributed by atoms with Gasteiger partial charge in [0.05, 0.1) is 23.9 Å². The SMILES string of the molecule is COc1ccccc1CN(C)C(=O)CSc1nc2ccccc2n1C(F)F. The van der Waals surface area contributed by atoms with Gasteiger partial charge in [-0.3, -0.25) is 9.36 Å². The number of imidazole rings is 1. The number of para-hydroxylation sites is 3. The molecule has 0 radical (unpaired) electrons. The molecule has 0 aliphatic rings. The number of thioether (sulfide) groups is 1. The molecule has 142 valence electrons. The number of fused-ring (bicyclic) bond motifs is 1. The first-order valence-electron chi connectivity index (χ1n) is 8.25. The summed E-state index contributed by atoms with van der Waals surface area (Å²) in [6.45, 7) is -2.35. The molecular formula is C19H19F2N3O2S. The molecule has 8 heteroatoms. The van der Waals surface area contributed by atoms with E-state index in [0.717, 1.165) is 21.9 Å². The summed E-state index contributed by atoms with van der Waals surface area (Å²) in [5, 5.41) is 0.130. The van der Waals surface area contributed by atoms with Gasteiger partial charge in [-0.25, -0.2) is 4.98 Å². The van der Waals surface area contributed by atoms with Crippen LogP contribution in [0.2, 0.25) is 0 Å². The van der Waals surface area contributed by atoms with Gasteiger partial charge in [0.1, 0.15) is 5.75 Å². The minimum atomic E-state index is -2.72. The minimum absolute atomic E-state index is 0.0156. The highest BCUT2D eigenvalue weighted by molar-refractivity contribution is 7.99. The molecule has 1 amide bonds. The maximum absolute atomic E-state index is 13.4. The summed E-state index contributed by atoms with van der Waals surface area (Å²) in [5.41, 5.74) is 1.71. The number of nitrogens with zero attached hydrogens (tertiary/aromatic N) is 3. The molecule has 0 saturated carbocycles. The van der Waals surface area contributed by atoms with Crippen molar-refractivity contribution in [3.8, 4) is 5.75 Å². The lowest BCUT2D eigenvalue weighted by atomic mass is 10.2. The largest absolute Gasteiger partial charge is 0.496 e. The fourth-order valence-corrected chi connectivity index (χ4v) is 3.68. The van der Waals surface area contributed by atoms with Gasteiger partial charge >= 0.3 is 6.55 Å². The number of hydrogen-bond donors (Lipinski definition) is 0. The predicted molar refractivity (Wildman–Crippen MR) is 101 cm³/mol. The number of ether oxygens (including phenoxy) is 1. The number of rotatable bonds is 7. The molecule has 0 aliphatic carbocycles. The van der Waals surface area contributed by atoms with Crippen LogP contribution in [0.15, 0.2) is 53.7 Å². The molecule has 0 atom stereocenters. The van der Waals surface area contributed by atoms with Crippen molar-refractivity contribution in [1.82, 2.24) is 14.5 Å². The average Bonchev–Trinajstić information content (AvgIpc) is 3.05. The summed E-state index contributed by atoms with van der Waals surface area (Å²) in [5.74, 6) is 0.532. The molecule has 0 fully saturated rings. The van der Waals surface area contributed by atoms with Crippen LogP contribution in [0, 0.1) is 0 Å². The van der Waals surface area contributed by atoms with Gasteiger partial charge in [-0.05, 0) is 18.2 Å². The van der Waals surface area contributed by atoms with Gasteiger partial charge in [0.15, 0.2) is 5.16 Å². The van der Waals surface area contributed by atoms with E-state index in [1.165, 1.54) is 0 Å². The van der Waals surface area contributed by atoms with E-state index < -0.39 is 6.55 Å². The highest BCUT2D eigenvalue weighted by Gasteiger charge is 2.20. The Bertz CT molecular complexity index is 946. The third-order valence-corrected chi connectivity index (χ3v) is 5.05. The Labute approximate surface area is 159 Å². The van der Waals surface area contributed by atoms with Crippen molar-refractivity contribution in [3.63, 3.8) is 0 Å². The van der Waals surface area contributed by atoms with Gasteiger partial charge < -0.3 is 9.64 Å². The zero-order valence-corrected chi connectivity index (χ0v) is 15.7. The van der Waals surface area contributed by atoms with Crippen molar-refractivity contribution in [2.45, 2.75) is 18.3 Å². The van der Waals surface area contributed by atoms with E-state index in [2.05, 4.69) is 4.98 Å². The van der Waals surface area contributed by atoms with Gasteiger partial charge in [0.2, 0.25) is 5.91 Å². The monoisotopic (exact) mass is 391 g/mol. The molecule has 0 unspecified atom stereocenters. The fraction of sp³-hybridized carbons (Fsp3) is 0.263. The number of aromatic nitrogens is 2. The molecule has 5 nitrogen and oxygen atoms in total. The fourth-order valence-electron chi connectivity index (χ4n) is 2.73. The van der Waals surface area contributed by atoms with Crippen molar-refractivity contribution in [3.05, 3.63) is 54.1 Å². The molecule has 1 aromatic heterocycles. The summed E-state index contributed by atoms with van der Waals surface area (Å²) in [4.78, 5) is 18.2. The second-order valence-corrected chi connectivity index (χ2v) is 6.82. The highest BCUT2D eigenvalue weighted by atomic mass is 32.2. The van der Waals surface area contributed by atoms with E-state index in [9.17, 15) is 13.6 Å². The predicted octanol–water partition coefficient (Wildman–Crippen LogP) is 4.19. The zero-order chi connectivity index (χ0) is 19.4. The molecule has 2 aromatic carbocycles. The summed E-state index contributed by atoms with van der Waals surface area (Å²) in [6.07, 6.45) is 0. The minimum Gasteiger partial charge on any atom is -0.496 e. The average molecular weight is 391 g/mol. The van der Waals surface area contributed by atoms with E-state index in [1.807, 2.05) is 24.3 Å². The first kappa shape index (κ1) is 19.2. The van der Waals surface area contributed by atoms with Crippen LogP contribution < -0.4 is 4.74 Å². The first-order valence-corrected chi connectivity index (χ1v) is 9.23. The van der Waals surface area contributed by atoms with Crippen molar-refractivity contribution in [2.75, 3.05) is 19.9 Å². The Morgan fingerprint density at radius 3 is 2.67 bits per heavy atom. The van der Waals surface area contributed by atoms with Crippen LogP contribution in [0.1, 0.15) is 12.1 Å². The molecule has 0 aliphatic heterocycles. The van der Waals surface area contributed by atoms with Gasteiger partial charge in [-0.2, -0.15) is 8.78 Å². The Morgan fingerprint density at radius 1 is 1.22 bits per heavy atom. The first-order chi connectivity index (χ1) is 13.0. The van der Waals surface area contributed by atoms with Crippen LogP contribution >= 0.6 is 11.8 Å². The van der Waals surface area contributed by atoms with Crippen LogP contribution in [0.4, 0.5) is 8.78 Å². The van der Waals surface area contributed by atoms with E-state index in [0.29, 0.717) is 23.3 Å². The van der Waals surface area contributed by atoms with E-state index >= 15 is 0 Å². The van der Waals surface area contributed by atoms with Crippen molar-refractivity contribution in [2.24, 2.45) is 0 Å². The van der Waals surface area contributed by atoms with Crippen LogP contribution in [-0.2, 0) is 11.3 Å². The topological polar surface area (TPSA) is 47.4 Å². The Morgan fingerprint density at radius 2 is 1.93 bits per heavy atom. The van der Waals surface area contributed by atoms with Crippen LogP contribution in [0.3, 0.4) is 0 Å². The van der Waals surface area contributed by atoms with Crippen LogP contribution in [0.5, 0.6) is 5.75 Å². The van der Waals surface area contributed by atoms with E-state index in [-0.39, 0.29) is 16.8 Å². The van der Waals surface area contributed by atoms with E-state index in [4.69, 9.17) is 4.74 Å². The van der Waals surface area contributed by atoms with Gasteiger partial charge in [-0.15, -0.1) is 0 Å². The Balaban J connectivity index is 1.70. The molecule has 0 N–H and O–H groups in total. The maximum Gasteiger partial charge on any atom is 0.321 e. The highest BCUT2D eigenvalue weighted by Crippen LogP contribution is 2.29. The van der Waals surface area contributed by atoms with E-state index in [1.54, 1.807) is 43.3 Å². The number of carbonyl (C=O) groups is 1. The number of alkyl halides is 2. The number of hydrogen-bond acceptors (Lipinski definition) is 4. The maximum atomic E-state index is 13.4. The number of carbonyl (C=O) groups excluding carboxylic acids is 1. The van der Waals surface area contributed by atoms with Crippen LogP contribution in [-0.4, -0.2) is 40.3 Å². The lowest BCUT2D eigenvalue weighted by Gasteiger charge is -2.18. The summed E-state index contributed by atoms with van der Waals surface area (Å²) in [7, 11) is 3.25. The molecule has 3 aromatic rings. The molecule has 0 saturated heterocycles. The molecular weight excluding hydrogens is 372 g/mol. The lowest BCUT2D eigenvalue weighted by Crippen LogP contribution is -2.28. The Kier molecular flexibility index (Phi) is 5.95. The Hall–Kier alpha value is -2.61. The second kappa shape index (κ2) is 8.39. The smallest absolute Gasteiger partial charge is 0.321 e. The van der Waals surface area contributed by atoms with Gasteiger partial charge in [0.25, 0.3) is 0 Å². The van der Waals surface area contributed by atoms with Crippen molar-refractivity contribution >= 4 is 28.7 Å². The third-order valence-electron chi connectivity index (χ3n) is 4.11. The number of halogens is 2. The normalized spacial score (nSPS) is 11.1. The van der Waals surface area contributed by atoms with Crippen molar-refractivity contribution in [1.29, 1.82) is 0 Å². The van der Waals surface area contributed by atoms with Gasteiger partial charge in [0, 0.05) is 19.2 Å². The molecule has 27 heavy (non-hydrogen) atoms. The quantitative estimate of drug-likeness (QED) is 0.567. The van der Waals surface area contributed by atoms with Crippen molar-refractivity contribution < 1.29 is 18.3 Å². The number of benzene rings is 2. The lowest BCUT2D eigenvalue weighted by molar-refractivity contribution is -0.127. The zero-order valence-electron chi connectivity index (χ0n) is 14.9. The third kappa shape index (κ3) is 4.21.